The lowest BCUT2D eigenvalue weighted by Gasteiger charge is -2.24. The van der Waals surface area contributed by atoms with Gasteiger partial charge < -0.3 is 14.9 Å². The van der Waals surface area contributed by atoms with Gasteiger partial charge in [-0.15, -0.1) is 0 Å². The van der Waals surface area contributed by atoms with Gasteiger partial charge in [0.2, 0.25) is 5.60 Å². The van der Waals surface area contributed by atoms with Gasteiger partial charge in [0.05, 0.1) is 24.6 Å². The number of esters is 1. The van der Waals surface area contributed by atoms with E-state index < -0.39 is 11.6 Å². The van der Waals surface area contributed by atoms with Gasteiger partial charge in [0.15, 0.2) is 0 Å². The Morgan fingerprint density at radius 3 is 2.61 bits per heavy atom. The van der Waals surface area contributed by atoms with Crippen LogP contribution in [-0.2, 0) is 20.8 Å². The maximum absolute atomic E-state index is 13.1. The normalized spacial score (nSPS) is 17.0. The highest BCUT2D eigenvalue weighted by Crippen LogP contribution is 2.30. The Kier molecular flexibility index (Phi) is 7.52. The summed E-state index contributed by atoms with van der Waals surface area (Å²) in [5.41, 5.74) is 3.50. The molecule has 1 aliphatic rings. The number of nitrogens with zero attached hydrogens (tertiary/aromatic N) is 3. The molecule has 1 aromatic heterocycles. The minimum absolute atomic E-state index is 0.00107. The smallest absolute Gasteiger partial charge is 0.354 e. The number of oxime groups is 1. The van der Waals surface area contributed by atoms with E-state index in [0.717, 1.165) is 22.4 Å². The molecule has 1 atom stereocenters. The van der Waals surface area contributed by atoms with Gasteiger partial charge in [0.1, 0.15) is 5.69 Å². The predicted octanol–water partition coefficient (Wildman–Crippen LogP) is 4.49. The topological polar surface area (TPSA) is 94.8 Å². The quantitative estimate of drug-likeness (QED) is 0.448. The third-order valence-corrected chi connectivity index (χ3v) is 6.04. The second kappa shape index (κ2) is 10.8. The van der Waals surface area contributed by atoms with Crippen molar-refractivity contribution in [3.63, 3.8) is 0 Å². The third-order valence-electron chi connectivity index (χ3n) is 6.04. The van der Waals surface area contributed by atoms with E-state index in [1.165, 1.54) is 0 Å². The minimum atomic E-state index is -1.25. The molecule has 0 spiro atoms. The minimum Gasteiger partial charge on any atom is -0.463 e. The van der Waals surface area contributed by atoms with Crippen molar-refractivity contribution in [3.05, 3.63) is 77.5 Å². The molecule has 3 aromatic rings. The van der Waals surface area contributed by atoms with Crippen molar-refractivity contribution in [1.82, 2.24) is 15.1 Å². The first-order valence-corrected chi connectivity index (χ1v) is 12.2. The van der Waals surface area contributed by atoms with Crippen molar-refractivity contribution < 1.29 is 19.2 Å². The molecule has 4 rings (SSSR count). The van der Waals surface area contributed by atoms with E-state index in [1.807, 2.05) is 75.4 Å². The van der Waals surface area contributed by atoms with Crippen LogP contribution in [0.3, 0.4) is 0 Å². The number of benzene rings is 2. The van der Waals surface area contributed by atoms with Crippen LogP contribution in [0.2, 0.25) is 0 Å². The summed E-state index contributed by atoms with van der Waals surface area (Å²) in [4.78, 5) is 31.8. The zero-order valence-corrected chi connectivity index (χ0v) is 21.2. The van der Waals surface area contributed by atoms with Gasteiger partial charge >= 0.3 is 5.97 Å². The fourth-order valence-corrected chi connectivity index (χ4v) is 4.31. The molecular formula is C28H32N4O4. The molecule has 0 saturated carbocycles. The molecule has 188 valence electrons. The van der Waals surface area contributed by atoms with Gasteiger partial charge in [0.25, 0.3) is 5.91 Å². The van der Waals surface area contributed by atoms with E-state index in [9.17, 15) is 9.59 Å². The Morgan fingerprint density at radius 2 is 1.92 bits per heavy atom. The van der Waals surface area contributed by atoms with Crippen LogP contribution in [0.5, 0.6) is 0 Å². The molecular weight excluding hydrogens is 456 g/mol. The number of hydrogen-bond acceptors (Lipinski definition) is 6. The standard InChI is InChI=1S/C28H32N4O4/c1-5-35-27(34)28(16-21-11-9-10-20(4)14-21)17-23(31-36-28)18-29-26(33)25-15-24(30-32(25)19(2)3)22-12-7-6-8-13-22/h6-15,19H,5,16-18H2,1-4H3,(H,29,33). The first kappa shape index (κ1) is 25.2. The van der Waals surface area contributed by atoms with Crippen LogP contribution >= 0.6 is 0 Å². The van der Waals surface area contributed by atoms with E-state index in [4.69, 9.17) is 9.57 Å². The zero-order chi connectivity index (χ0) is 25.7. The molecule has 0 saturated heterocycles. The van der Waals surface area contributed by atoms with Crippen LogP contribution < -0.4 is 5.32 Å². The summed E-state index contributed by atoms with van der Waals surface area (Å²) < 4.78 is 7.04. The molecule has 1 unspecified atom stereocenters. The number of rotatable bonds is 9. The van der Waals surface area contributed by atoms with E-state index >= 15 is 0 Å². The molecule has 1 aliphatic heterocycles. The molecule has 0 aliphatic carbocycles. The Bertz CT molecular complexity index is 1270. The van der Waals surface area contributed by atoms with Crippen LogP contribution in [0.4, 0.5) is 0 Å². The van der Waals surface area contributed by atoms with Crippen molar-refractivity contribution in [2.45, 2.75) is 52.2 Å². The number of aromatic nitrogens is 2. The molecule has 8 heteroatoms. The summed E-state index contributed by atoms with van der Waals surface area (Å²) >= 11 is 0. The number of amides is 1. The van der Waals surface area contributed by atoms with Crippen LogP contribution in [0, 0.1) is 6.92 Å². The number of ether oxygens (including phenoxy) is 1. The summed E-state index contributed by atoms with van der Waals surface area (Å²) in [6.45, 7) is 8.11. The average Bonchev–Trinajstić information content (AvgIpc) is 3.49. The summed E-state index contributed by atoms with van der Waals surface area (Å²) in [6, 6.07) is 19.4. The van der Waals surface area contributed by atoms with Gasteiger partial charge in [-0.1, -0.05) is 65.3 Å². The van der Waals surface area contributed by atoms with E-state index in [2.05, 4.69) is 15.6 Å². The first-order valence-electron chi connectivity index (χ1n) is 12.2. The highest BCUT2D eigenvalue weighted by Gasteiger charge is 2.48. The zero-order valence-electron chi connectivity index (χ0n) is 21.2. The summed E-state index contributed by atoms with van der Waals surface area (Å²) in [6.07, 6.45) is 0.563. The molecule has 0 radical (unpaired) electrons. The number of hydrogen-bond donors (Lipinski definition) is 1. The Labute approximate surface area is 211 Å². The van der Waals surface area contributed by atoms with Gasteiger partial charge in [-0.3, -0.25) is 9.48 Å². The summed E-state index contributed by atoms with van der Waals surface area (Å²) in [5, 5.41) is 11.7. The predicted molar refractivity (Wildman–Crippen MR) is 138 cm³/mol. The fraction of sp³-hybridized carbons (Fsp3) is 0.357. The molecule has 2 aromatic carbocycles. The summed E-state index contributed by atoms with van der Waals surface area (Å²) in [5.74, 6) is -0.727. The monoisotopic (exact) mass is 488 g/mol. The highest BCUT2D eigenvalue weighted by atomic mass is 16.7. The maximum Gasteiger partial charge on any atom is 0.354 e. The van der Waals surface area contributed by atoms with Crippen LogP contribution in [-0.4, -0.2) is 46.1 Å². The molecule has 0 fully saturated rings. The number of aryl methyl sites for hydroxylation is 1. The second-order valence-electron chi connectivity index (χ2n) is 9.31. The molecule has 36 heavy (non-hydrogen) atoms. The maximum atomic E-state index is 13.1. The Balaban J connectivity index is 1.47. The number of carbonyl (C=O) groups is 2. The van der Waals surface area contributed by atoms with Crippen molar-refractivity contribution >= 4 is 17.6 Å². The fourth-order valence-electron chi connectivity index (χ4n) is 4.31. The molecule has 0 bridgehead atoms. The lowest BCUT2D eigenvalue weighted by Crippen LogP contribution is -2.43. The lowest BCUT2D eigenvalue weighted by atomic mass is 9.89. The highest BCUT2D eigenvalue weighted by molar-refractivity contribution is 6.00. The molecule has 8 nitrogen and oxygen atoms in total. The second-order valence-corrected chi connectivity index (χ2v) is 9.31. The van der Waals surface area contributed by atoms with E-state index in [0.29, 0.717) is 17.8 Å². The summed E-state index contributed by atoms with van der Waals surface area (Å²) in [7, 11) is 0. The van der Waals surface area contributed by atoms with Gasteiger partial charge in [0, 0.05) is 24.4 Å². The Morgan fingerprint density at radius 1 is 1.14 bits per heavy atom. The van der Waals surface area contributed by atoms with Crippen molar-refractivity contribution in [1.29, 1.82) is 0 Å². The van der Waals surface area contributed by atoms with Crippen molar-refractivity contribution in [2.75, 3.05) is 13.2 Å². The first-order chi connectivity index (χ1) is 17.3. The number of carbonyl (C=O) groups excluding carboxylic acids is 2. The van der Waals surface area contributed by atoms with E-state index in [-0.39, 0.29) is 31.5 Å². The van der Waals surface area contributed by atoms with Gasteiger partial charge in [-0.2, -0.15) is 5.10 Å². The Hall–Kier alpha value is -3.94. The van der Waals surface area contributed by atoms with Crippen LogP contribution in [0.1, 0.15) is 54.8 Å². The van der Waals surface area contributed by atoms with Crippen LogP contribution in [0.25, 0.3) is 11.3 Å². The number of nitrogens with one attached hydrogen (secondary N) is 1. The average molecular weight is 489 g/mol. The molecule has 1 amide bonds. The van der Waals surface area contributed by atoms with E-state index in [1.54, 1.807) is 17.7 Å². The third kappa shape index (κ3) is 5.48. The molecule has 1 N–H and O–H groups in total. The lowest BCUT2D eigenvalue weighted by molar-refractivity contribution is -0.168. The van der Waals surface area contributed by atoms with Gasteiger partial charge in [-0.25, -0.2) is 4.79 Å². The van der Waals surface area contributed by atoms with Gasteiger partial charge in [-0.05, 0) is 39.3 Å². The van der Waals surface area contributed by atoms with Crippen molar-refractivity contribution in [3.8, 4) is 11.3 Å². The van der Waals surface area contributed by atoms with Crippen molar-refractivity contribution in [2.24, 2.45) is 5.16 Å². The largest absolute Gasteiger partial charge is 0.463 e. The van der Waals surface area contributed by atoms with Crippen LogP contribution in [0.15, 0.2) is 65.8 Å². The molecule has 2 heterocycles. The SMILES string of the molecule is CCOC(=O)C1(Cc2cccc(C)c2)CC(CNC(=O)c2cc(-c3ccccc3)nn2C(C)C)=NO1.